The lowest BCUT2D eigenvalue weighted by molar-refractivity contribution is -0.0169. The highest BCUT2D eigenvalue weighted by Crippen LogP contribution is 2.21. The van der Waals surface area contributed by atoms with Crippen LogP contribution in [0.15, 0.2) is 0 Å². The molecule has 1 aliphatic rings. The molecule has 2 nitrogen and oxygen atoms in total. The molecule has 12 heavy (non-hydrogen) atoms. The largest absolute Gasteiger partial charge is 0.329 e. The summed E-state index contributed by atoms with van der Waals surface area (Å²) in [6.45, 7) is 2.08. The van der Waals surface area contributed by atoms with E-state index in [0.29, 0.717) is 6.54 Å². The first kappa shape index (κ1) is 9.86. The van der Waals surface area contributed by atoms with Crippen LogP contribution in [-0.2, 0) is 0 Å². The summed E-state index contributed by atoms with van der Waals surface area (Å²) < 4.78 is 25.2. The van der Waals surface area contributed by atoms with Gasteiger partial charge in [-0.05, 0) is 19.4 Å². The van der Waals surface area contributed by atoms with Gasteiger partial charge in [0.25, 0.3) is 5.92 Å². The molecule has 0 radical (unpaired) electrons. The molecular weight excluding hydrogens is 162 g/mol. The maximum atomic E-state index is 12.6. The molecule has 0 aromatic carbocycles. The molecule has 0 bridgehead atoms. The van der Waals surface area contributed by atoms with E-state index in [1.807, 2.05) is 0 Å². The number of halogens is 2. The normalized spacial score (nSPS) is 26.5. The molecule has 0 aromatic rings. The number of rotatable bonds is 3. The second-order valence-corrected chi connectivity index (χ2v) is 3.57. The number of hydrogen-bond acceptors (Lipinski definition) is 2. The summed E-state index contributed by atoms with van der Waals surface area (Å²) in [7, 11) is 0. The van der Waals surface area contributed by atoms with Crippen molar-refractivity contribution < 1.29 is 8.78 Å². The zero-order valence-electron chi connectivity index (χ0n) is 7.39. The third kappa shape index (κ3) is 2.68. The standard InChI is InChI=1S/C8H16F2N2/c1-8(9,10)6-12-4-2-3-7(12)5-11/h7H,2-6,11H2,1H3/t7-/m0/s1. The maximum Gasteiger partial charge on any atom is 0.257 e. The monoisotopic (exact) mass is 178 g/mol. The van der Waals surface area contributed by atoms with Crippen LogP contribution in [0.5, 0.6) is 0 Å². The van der Waals surface area contributed by atoms with E-state index in [2.05, 4.69) is 0 Å². The van der Waals surface area contributed by atoms with Crippen molar-refractivity contribution in [2.24, 2.45) is 5.73 Å². The SMILES string of the molecule is CC(F)(F)CN1CCC[C@H]1CN. The molecule has 0 spiro atoms. The lowest BCUT2D eigenvalue weighted by Gasteiger charge is -2.25. The molecule has 1 aliphatic heterocycles. The van der Waals surface area contributed by atoms with E-state index in [4.69, 9.17) is 5.73 Å². The highest BCUT2D eigenvalue weighted by atomic mass is 19.3. The summed E-state index contributed by atoms with van der Waals surface area (Å²) in [5.74, 6) is -2.59. The number of alkyl halides is 2. The van der Waals surface area contributed by atoms with E-state index in [1.165, 1.54) is 0 Å². The second kappa shape index (κ2) is 3.66. The van der Waals surface area contributed by atoms with Crippen molar-refractivity contribution in [2.75, 3.05) is 19.6 Å². The van der Waals surface area contributed by atoms with E-state index in [9.17, 15) is 8.78 Å². The summed E-state index contributed by atoms with van der Waals surface area (Å²) >= 11 is 0. The van der Waals surface area contributed by atoms with Crippen LogP contribution < -0.4 is 5.73 Å². The smallest absolute Gasteiger partial charge is 0.257 e. The minimum absolute atomic E-state index is 0.144. The van der Waals surface area contributed by atoms with Crippen LogP contribution in [0.2, 0.25) is 0 Å². The average molecular weight is 178 g/mol. The topological polar surface area (TPSA) is 29.3 Å². The van der Waals surface area contributed by atoms with Crippen LogP contribution in [0, 0.1) is 0 Å². The van der Waals surface area contributed by atoms with Crippen LogP contribution in [0.25, 0.3) is 0 Å². The summed E-state index contributed by atoms with van der Waals surface area (Å²) in [6, 6.07) is 0.177. The Balaban J connectivity index is 2.41. The Morgan fingerprint density at radius 2 is 2.25 bits per heavy atom. The van der Waals surface area contributed by atoms with Gasteiger partial charge >= 0.3 is 0 Å². The lowest BCUT2D eigenvalue weighted by atomic mass is 10.2. The Labute approximate surface area is 71.7 Å². The molecule has 4 heteroatoms. The number of nitrogens with two attached hydrogens (primary N) is 1. The van der Waals surface area contributed by atoms with Gasteiger partial charge in [-0.2, -0.15) is 0 Å². The van der Waals surface area contributed by atoms with Crippen LogP contribution in [-0.4, -0.2) is 36.5 Å². The van der Waals surface area contributed by atoms with E-state index < -0.39 is 5.92 Å². The van der Waals surface area contributed by atoms with Gasteiger partial charge in [0.05, 0.1) is 6.54 Å². The molecule has 72 valence electrons. The summed E-state index contributed by atoms with van der Waals surface area (Å²) in [6.07, 6.45) is 1.96. The molecule has 1 saturated heterocycles. The number of likely N-dealkylation sites (tertiary alicyclic amines) is 1. The van der Waals surface area contributed by atoms with E-state index in [-0.39, 0.29) is 12.6 Å². The van der Waals surface area contributed by atoms with Crippen molar-refractivity contribution in [3.63, 3.8) is 0 Å². The molecule has 0 aromatic heterocycles. The van der Waals surface area contributed by atoms with Gasteiger partial charge in [-0.15, -0.1) is 0 Å². The van der Waals surface area contributed by atoms with Crippen LogP contribution in [0.3, 0.4) is 0 Å². The van der Waals surface area contributed by atoms with Gasteiger partial charge in [0.1, 0.15) is 0 Å². The molecule has 0 aliphatic carbocycles. The Morgan fingerprint density at radius 3 is 2.75 bits per heavy atom. The van der Waals surface area contributed by atoms with Gasteiger partial charge in [0.15, 0.2) is 0 Å². The van der Waals surface area contributed by atoms with Crippen LogP contribution in [0.4, 0.5) is 8.78 Å². The highest BCUT2D eigenvalue weighted by molar-refractivity contribution is 4.82. The molecule has 0 amide bonds. The molecule has 0 unspecified atom stereocenters. The Bertz CT molecular complexity index is 144. The summed E-state index contributed by atoms with van der Waals surface area (Å²) in [4.78, 5) is 1.79. The molecule has 2 N–H and O–H groups in total. The Hall–Kier alpha value is -0.220. The quantitative estimate of drug-likeness (QED) is 0.700. The van der Waals surface area contributed by atoms with Crippen LogP contribution in [0.1, 0.15) is 19.8 Å². The predicted octanol–water partition coefficient (Wildman–Crippen LogP) is 1.06. The molecule has 1 heterocycles. The fourth-order valence-electron chi connectivity index (χ4n) is 1.73. The first-order chi connectivity index (χ1) is 5.53. The lowest BCUT2D eigenvalue weighted by Crippen LogP contribution is -2.41. The fourth-order valence-corrected chi connectivity index (χ4v) is 1.73. The Kier molecular flexibility index (Phi) is 3.01. The molecule has 1 rings (SSSR count). The van der Waals surface area contributed by atoms with Crippen molar-refractivity contribution in [1.82, 2.24) is 4.90 Å². The third-order valence-electron chi connectivity index (χ3n) is 2.25. The minimum Gasteiger partial charge on any atom is -0.329 e. The first-order valence-electron chi connectivity index (χ1n) is 4.35. The van der Waals surface area contributed by atoms with Crippen molar-refractivity contribution in [2.45, 2.75) is 31.7 Å². The third-order valence-corrected chi connectivity index (χ3v) is 2.25. The molecular formula is C8H16F2N2. The second-order valence-electron chi connectivity index (χ2n) is 3.57. The van der Waals surface area contributed by atoms with Crippen molar-refractivity contribution in [3.05, 3.63) is 0 Å². The fraction of sp³-hybridized carbons (Fsp3) is 1.00. The van der Waals surface area contributed by atoms with Gasteiger partial charge in [-0.25, -0.2) is 8.78 Å². The maximum absolute atomic E-state index is 12.6. The van der Waals surface area contributed by atoms with E-state index in [1.54, 1.807) is 4.90 Å². The summed E-state index contributed by atoms with van der Waals surface area (Å²) in [5, 5.41) is 0. The number of nitrogens with zero attached hydrogens (tertiary/aromatic N) is 1. The molecule has 1 fully saturated rings. The molecule has 1 atom stereocenters. The zero-order valence-corrected chi connectivity index (χ0v) is 7.39. The van der Waals surface area contributed by atoms with Crippen molar-refractivity contribution in [3.8, 4) is 0 Å². The van der Waals surface area contributed by atoms with Gasteiger partial charge in [-0.1, -0.05) is 0 Å². The van der Waals surface area contributed by atoms with Crippen LogP contribution >= 0.6 is 0 Å². The van der Waals surface area contributed by atoms with E-state index in [0.717, 1.165) is 26.3 Å². The Morgan fingerprint density at radius 1 is 1.58 bits per heavy atom. The van der Waals surface area contributed by atoms with Crippen molar-refractivity contribution >= 4 is 0 Å². The van der Waals surface area contributed by atoms with Gasteiger partial charge in [0, 0.05) is 19.5 Å². The number of hydrogen-bond donors (Lipinski definition) is 1. The minimum atomic E-state index is -2.59. The average Bonchev–Trinajstić information content (AvgIpc) is 2.31. The summed E-state index contributed by atoms with van der Waals surface area (Å²) in [5.41, 5.74) is 5.46. The first-order valence-corrected chi connectivity index (χ1v) is 4.35. The highest BCUT2D eigenvalue weighted by Gasteiger charge is 2.31. The predicted molar refractivity (Wildman–Crippen MR) is 44.3 cm³/mol. The zero-order chi connectivity index (χ0) is 9.19. The van der Waals surface area contributed by atoms with Gasteiger partial charge in [-0.3, -0.25) is 4.90 Å². The molecule has 0 saturated carbocycles. The van der Waals surface area contributed by atoms with Crippen molar-refractivity contribution in [1.29, 1.82) is 0 Å². The van der Waals surface area contributed by atoms with E-state index >= 15 is 0 Å². The van der Waals surface area contributed by atoms with Gasteiger partial charge < -0.3 is 5.73 Å². The van der Waals surface area contributed by atoms with Gasteiger partial charge in [0.2, 0.25) is 0 Å².